The van der Waals surface area contributed by atoms with E-state index in [1.165, 1.54) is 10.5 Å². The number of hydrogen-bond acceptors (Lipinski definition) is 4. The van der Waals surface area contributed by atoms with Gasteiger partial charge in [0.05, 0.1) is 6.61 Å². The Kier molecular flexibility index (Phi) is 5.56. The van der Waals surface area contributed by atoms with Crippen molar-refractivity contribution in [3.05, 3.63) is 23.9 Å². The summed E-state index contributed by atoms with van der Waals surface area (Å²) in [4.78, 5) is 4.01. The summed E-state index contributed by atoms with van der Waals surface area (Å²) in [6, 6.07) is 3.29. The zero-order valence-electron chi connectivity index (χ0n) is 11.7. The van der Waals surface area contributed by atoms with Gasteiger partial charge in [-0.3, -0.25) is 4.72 Å². The van der Waals surface area contributed by atoms with Gasteiger partial charge < -0.3 is 5.11 Å². The minimum Gasteiger partial charge on any atom is -0.395 e. The zero-order valence-corrected chi connectivity index (χ0v) is 12.6. The highest BCUT2D eigenvalue weighted by atomic mass is 32.2. The molecule has 1 fully saturated rings. The van der Waals surface area contributed by atoms with E-state index in [9.17, 15) is 8.42 Å². The zero-order chi connectivity index (χ0) is 15.1. The number of hydrogen-bond donors (Lipinski definition) is 2. The second-order valence-electron chi connectivity index (χ2n) is 4.77. The van der Waals surface area contributed by atoms with E-state index in [0.29, 0.717) is 25.1 Å². The first-order chi connectivity index (χ1) is 10.1. The quantitative estimate of drug-likeness (QED) is 0.812. The Labute approximate surface area is 125 Å². The third-order valence-electron chi connectivity index (χ3n) is 3.12. The maximum Gasteiger partial charge on any atom is 0.302 e. The largest absolute Gasteiger partial charge is 0.395 e. The smallest absolute Gasteiger partial charge is 0.302 e. The molecule has 1 aliphatic heterocycles. The van der Waals surface area contributed by atoms with Crippen LogP contribution in [0.25, 0.3) is 0 Å². The van der Waals surface area contributed by atoms with E-state index in [1.54, 1.807) is 12.1 Å². The lowest BCUT2D eigenvalue weighted by Gasteiger charge is -2.25. The molecule has 2 N–H and O–H groups in total. The first-order valence-corrected chi connectivity index (χ1v) is 8.39. The minimum absolute atomic E-state index is 0.00648. The van der Waals surface area contributed by atoms with Crippen LogP contribution in [0.5, 0.6) is 0 Å². The average molecular weight is 309 g/mol. The molecule has 21 heavy (non-hydrogen) atoms. The van der Waals surface area contributed by atoms with Gasteiger partial charge in [0, 0.05) is 31.3 Å². The molecule has 6 nitrogen and oxygen atoms in total. The number of pyridine rings is 1. The summed E-state index contributed by atoms with van der Waals surface area (Å²) >= 11 is 0. The fraction of sp³-hybridized carbons (Fsp3) is 0.500. The highest BCUT2D eigenvalue weighted by molar-refractivity contribution is 7.90. The second-order valence-corrected chi connectivity index (χ2v) is 6.44. The predicted octanol–water partition coefficient (Wildman–Crippen LogP) is 0.958. The molecular formula is C14H19N3O3S. The molecule has 114 valence electrons. The molecule has 7 heteroatoms. The van der Waals surface area contributed by atoms with E-state index < -0.39 is 10.2 Å². The van der Waals surface area contributed by atoms with Gasteiger partial charge in [0.2, 0.25) is 0 Å². The number of nitrogens with one attached hydrogen (secondary N) is 1. The Morgan fingerprint density at radius 1 is 1.33 bits per heavy atom. The predicted molar refractivity (Wildman–Crippen MR) is 80.8 cm³/mol. The maximum atomic E-state index is 12.2. The van der Waals surface area contributed by atoms with E-state index in [0.717, 1.165) is 19.3 Å². The lowest BCUT2D eigenvalue weighted by atomic mass is 10.2. The van der Waals surface area contributed by atoms with Crippen LogP contribution in [0.2, 0.25) is 0 Å². The topological polar surface area (TPSA) is 82.5 Å². The van der Waals surface area contributed by atoms with Crippen molar-refractivity contribution >= 4 is 16.0 Å². The number of piperidine rings is 1. The summed E-state index contributed by atoms with van der Waals surface area (Å²) < 4.78 is 28.4. The molecular weight excluding hydrogens is 290 g/mol. The first-order valence-electron chi connectivity index (χ1n) is 6.95. The summed E-state index contributed by atoms with van der Waals surface area (Å²) in [6.45, 7) is 1.10. The van der Waals surface area contributed by atoms with Crippen LogP contribution in [-0.4, -0.2) is 42.5 Å². The molecule has 2 rings (SSSR count). The van der Waals surface area contributed by atoms with Crippen LogP contribution in [0, 0.1) is 11.8 Å². The number of aromatic nitrogens is 1. The molecule has 0 atom stereocenters. The number of aliphatic hydroxyl groups is 1. The van der Waals surface area contributed by atoms with Crippen LogP contribution in [-0.2, 0) is 10.2 Å². The maximum absolute atomic E-state index is 12.2. The Bertz CT molecular complexity index is 628. The van der Waals surface area contributed by atoms with Crippen LogP contribution in [0.15, 0.2) is 18.3 Å². The van der Waals surface area contributed by atoms with E-state index in [2.05, 4.69) is 21.5 Å². The highest BCUT2D eigenvalue weighted by Gasteiger charge is 2.23. The number of anilines is 1. The molecule has 1 aromatic rings. The Balaban J connectivity index is 2.08. The molecule has 0 bridgehead atoms. The van der Waals surface area contributed by atoms with Crippen LogP contribution in [0.3, 0.4) is 0 Å². The molecule has 0 aromatic carbocycles. The van der Waals surface area contributed by atoms with Crippen molar-refractivity contribution in [2.75, 3.05) is 24.4 Å². The second kappa shape index (κ2) is 7.41. The number of rotatable bonds is 4. The summed E-state index contributed by atoms with van der Waals surface area (Å²) in [5, 5.41) is 8.68. The summed E-state index contributed by atoms with van der Waals surface area (Å²) in [5.74, 6) is 5.90. The van der Waals surface area contributed by atoms with Crippen molar-refractivity contribution in [2.24, 2.45) is 0 Å². The first kappa shape index (κ1) is 15.8. The molecule has 0 amide bonds. The SMILES string of the molecule is O=S(=O)(Nc1cc(C#CCCO)ccn1)N1CCCCC1. The standard InChI is InChI=1S/C14H19N3O3S/c18-11-5-2-6-13-7-8-15-14(12-13)16-21(19,20)17-9-3-1-4-10-17/h7-8,12,18H,1,3-5,9-11H2,(H,15,16). The highest BCUT2D eigenvalue weighted by Crippen LogP contribution is 2.15. The van der Waals surface area contributed by atoms with Crippen molar-refractivity contribution in [2.45, 2.75) is 25.7 Å². The lowest BCUT2D eigenvalue weighted by molar-refractivity contribution is 0.305. The molecule has 1 aromatic heterocycles. The van der Waals surface area contributed by atoms with Gasteiger partial charge >= 0.3 is 10.2 Å². The molecule has 2 heterocycles. The van der Waals surface area contributed by atoms with Crippen molar-refractivity contribution in [1.29, 1.82) is 0 Å². The van der Waals surface area contributed by atoms with Crippen molar-refractivity contribution < 1.29 is 13.5 Å². The van der Waals surface area contributed by atoms with Crippen LogP contribution in [0.4, 0.5) is 5.82 Å². The molecule has 0 aliphatic carbocycles. The summed E-state index contributed by atoms with van der Waals surface area (Å²) in [6.07, 6.45) is 4.75. The molecule has 0 saturated carbocycles. The monoisotopic (exact) mass is 309 g/mol. The third-order valence-corrected chi connectivity index (χ3v) is 4.63. The fourth-order valence-electron chi connectivity index (χ4n) is 2.09. The Morgan fingerprint density at radius 2 is 2.10 bits per heavy atom. The molecule has 0 spiro atoms. The summed E-state index contributed by atoms with van der Waals surface area (Å²) in [5.41, 5.74) is 0.662. The molecule has 1 aliphatic rings. The van der Waals surface area contributed by atoms with Crippen LogP contribution < -0.4 is 4.72 Å². The van der Waals surface area contributed by atoms with E-state index in [1.807, 2.05) is 0 Å². The van der Waals surface area contributed by atoms with Gasteiger partial charge in [-0.1, -0.05) is 18.3 Å². The van der Waals surface area contributed by atoms with Gasteiger partial charge in [-0.15, -0.1) is 0 Å². The number of aliphatic hydroxyl groups excluding tert-OH is 1. The normalized spacial score (nSPS) is 16.0. The average Bonchev–Trinajstić information content (AvgIpc) is 2.48. The molecule has 0 radical (unpaired) electrons. The van der Waals surface area contributed by atoms with Gasteiger partial charge in [-0.2, -0.15) is 12.7 Å². The van der Waals surface area contributed by atoms with E-state index in [-0.39, 0.29) is 12.4 Å². The van der Waals surface area contributed by atoms with Crippen LogP contribution >= 0.6 is 0 Å². The van der Waals surface area contributed by atoms with Crippen molar-refractivity contribution in [3.8, 4) is 11.8 Å². The van der Waals surface area contributed by atoms with Gasteiger partial charge in [-0.05, 0) is 25.0 Å². The van der Waals surface area contributed by atoms with Gasteiger partial charge in [0.25, 0.3) is 0 Å². The number of nitrogens with zero attached hydrogens (tertiary/aromatic N) is 2. The summed E-state index contributed by atoms with van der Waals surface area (Å²) in [7, 11) is -3.55. The van der Waals surface area contributed by atoms with Crippen molar-refractivity contribution in [3.63, 3.8) is 0 Å². The van der Waals surface area contributed by atoms with Crippen LogP contribution in [0.1, 0.15) is 31.2 Å². The van der Waals surface area contributed by atoms with E-state index >= 15 is 0 Å². The Hall–Kier alpha value is -1.62. The van der Waals surface area contributed by atoms with E-state index in [4.69, 9.17) is 5.11 Å². The molecule has 0 unspecified atom stereocenters. The van der Waals surface area contributed by atoms with Crippen molar-refractivity contribution in [1.82, 2.24) is 9.29 Å². The van der Waals surface area contributed by atoms with Gasteiger partial charge in [-0.25, -0.2) is 4.98 Å². The minimum atomic E-state index is -3.55. The van der Waals surface area contributed by atoms with Gasteiger partial charge in [0.1, 0.15) is 5.82 Å². The fourth-order valence-corrected chi connectivity index (χ4v) is 3.33. The van der Waals surface area contributed by atoms with Gasteiger partial charge in [0.15, 0.2) is 0 Å². The lowest BCUT2D eigenvalue weighted by Crippen LogP contribution is -2.39. The molecule has 1 saturated heterocycles. The Morgan fingerprint density at radius 3 is 2.81 bits per heavy atom. The third kappa shape index (κ3) is 4.70.